The lowest BCUT2D eigenvalue weighted by Crippen LogP contribution is -2.02. The van der Waals surface area contributed by atoms with E-state index in [-0.39, 0.29) is 0 Å². The van der Waals surface area contributed by atoms with Crippen molar-refractivity contribution in [3.63, 3.8) is 0 Å². The van der Waals surface area contributed by atoms with Crippen LogP contribution < -0.4 is 0 Å². The second-order valence-electron chi connectivity index (χ2n) is 4.61. The topological polar surface area (TPSA) is 17.8 Å². The molecule has 2 nitrogen and oxygen atoms in total. The summed E-state index contributed by atoms with van der Waals surface area (Å²) in [4.78, 5) is 0. The summed E-state index contributed by atoms with van der Waals surface area (Å²) in [5, 5.41) is 4.55. The third kappa shape index (κ3) is 2.32. The van der Waals surface area contributed by atoms with Crippen molar-refractivity contribution >= 4 is 0 Å². The first-order valence-electron chi connectivity index (χ1n) is 5.75. The standard InChI is InChI=1S/C14H18N2/c1-11(2)9-13-10-14(15-16(13)3)12-7-5-4-6-8-12/h4-8,10-11H,9H2,1-3H3. The quantitative estimate of drug-likeness (QED) is 0.766. The average molecular weight is 214 g/mol. The minimum Gasteiger partial charge on any atom is -0.272 e. The Kier molecular flexibility index (Phi) is 3.09. The van der Waals surface area contributed by atoms with Gasteiger partial charge in [-0.2, -0.15) is 5.10 Å². The number of rotatable bonds is 3. The fraction of sp³-hybridized carbons (Fsp3) is 0.357. The Morgan fingerprint density at radius 2 is 1.88 bits per heavy atom. The molecule has 0 fully saturated rings. The van der Waals surface area contributed by atoms with E-state index < -0.39 is 0 Å². The summed E-state index contributed by atoms with van der Waals surface area (Å²) in [6.45, 7) is 4.46. The Morgan fingerprint density at radius 3 is 2.50 bits per heavy atom. The molecule has 0 bridgehead atoms. The molecule has 0 aliphatic carbocycles. The average Bonchev–Trinajstić information content (AvgIpc) is 2.61. The molecular formula is C14H18N2. The van der Waals surface area contributed by atoms with Gasteiger partial charge in [0.05, 0.1) is 5.69 Å². The van der Waals surface area contributed by atoms with Crippen LogP contribution in [0.25, 0.3) is 11.3 Å². The number of hydrogen-bond acceptors (Lipinski definition) is 1. The van der Waals surface area contributed by atoms with Crippen LogP contribution in [0, 0.1) is 5.92 Å². The smallest absolute Gasteiger partial charge is 0.0925 e. The van der Waals surface area contributed by atoms with E-state index in [1.807, 2.05) is 29.9 Å². The highest BCUT2D eigenvalue weighted by Gasteiger charge is 2.07. The van der Waals surface area contributed by atoms with Gasteiger partial charge in [-0.3, -0.25) is 4.68 Å². The molecule has 0 aliphatic heterocycles. The molecule has 0 N–H and O–H groups in total. The molecular weight excluding hydrogens is 196 g/mol. The van der Waals surface area contributed by atoms with E-state index in [9.17, 15) is 0 Å². The largest absolute Gasteiger partial charge is 0.272 e. The lowest BCUT2D eigenvalue weighted by Gasteiger charge is -2.03. The van der Waals surface area contributed by atoms with Crippen LogP contribution in [0.1, 0.15) is 19.5 Å². The van der Waals surface area contributed by atoms with E-state index in [0.29, 0.717) is 5.92 Å². The second-order valence-corrected chi connectivity index (χ2v) is 4.61. The third-order valence-corrected chi connectivity index (χ3v) is 2.66. The first-order valence-corrected chi connectivity index (χ1v) is 5.75. The van der Waals surface area contributed by atoms with Crippen LogP contribution in [-0.2, 0) is 13.5 Å². The number of aromatic nitrogens is 2. The summed E-state index contributed by atoms with van der Waals surface area (Å²) < 4.78 is 1.99. The fourth-order valence-electron chi connectivity index (χ4n) is 1.87. The van der Waals surface area contributed by atoms with Crippen LogP contribution in [0.15, 0.2) is 36.4 Å². The zero-order chi connectivity index (χ0) is 11.5. The second kappa shape index (κ2) is 4.52. The van der Waals surface area contributed by atoms with Gasteiger partial charge >= 0.3 is 0 Å². The lowest BCUT2D eigenvalue weighted by atomic mass is 10.1. The van der Waals surface area contributed by atoms with Crippen molar-refractivity contribution in [1.29, 1.82) is 0 Å². The molecule has 1 aromatic heterocycles. The zero-order valence-corrected chi connectivity index (χ0v) is 10.1. The van der Waals surface area contributed by atoms with Gasteiger partial charge in [0.25, 0.3) is 0 Å². The van der Waals surface area contributed by atoms with Crippen LogP contribution >= 0.6 is 0 Å². The molecule has 0 amide bonds. The summed E-state index contributed by atoms with van der Waals surface area (Å²) in [5.74, 6) is 0.666. The van der Waals surface area contributed by atoms with Crippen molar-refractivity contribution in [2.45, 2.75) is 20.3 Å². The van der Waals surface area contributed by atoms with Crippen LogP contribution in [0.4, 0.5) is 0 Å². The van der Waals surface area contributed by atoms with Gasteiger partial charge in [-0.1, -0.05) is 44.2 Å². The lowest BCUT2D eigenvalue weighted by molar-refractivity contribution is 0.596. The van der Waals surface area contributed by atoms with Crippen molar-refractivity contribution in [3.8, 4) is 11.3 Å². The Hall–Kier alpha value is -1.57. The number of benzene rings is 1. The van der Waals surface area contributed by atoms with Gasteiger partial charge in [-0.05, 0) is 18.4 Å². The Labute approximate surface area is 96.9 Å². The minimum absolute atomic E-state index is 0.666. The highest BCUT2D eigenvalue weighted by Crippen LogP contribution is 2.19. The summed E-state index contributed by atoms with van der Waals surface area (Å²) in [5.41, 5.74) is 3.56. The van der Waals surface area contributed by atoms with Gasteiger partial charge in [0.15, 0.2) is 0 Å². The van der Waals surface area contributed by atoms with E-state index in [0.717, 1.165) is 12.1 Å². The maximum atomic E-state index is 4.55. The minimum atomic E-state index is 0.666. The Bertz CT molecular complexity index is 455. The van der Waals surface area contributed by atoms with Crippen LogP contribution in [0.2, 0.25) is 0 Å². The van der Waals surface area contributed by atoms with E-state index in [1.54, 1.807) is 0 Å². The van der Waals surface area contributed by atoms with Crippen molar-refractivity contribution in [2.75, 3.05) is 0 Å². The summed E-state index contributed by atoms with van der Waals surface area (Å²) in [6, 6.07) is 12.5. The Morgan fingerprint density at radius 1 is 1.19 bits per heavy atom. The number of hydrogen-bond donors (Lipinski definition) is 0. The SMILES string of the molecule is CC(C)Cc1cc(-c2ccccc2)nn1C. The van der Waals surface area contributed by atoms with Gasteiger partial charge < -0.3 is 0 Å². The number of aryl methyl sites for hydroxylation is 1. The monoisotopic (exact) mass is 214 g/mol. The van der Waals surface area contributed by atoms with E-state index in [2.05, 4.69) is 37.1 Å². The molecule has 0 spiro atoms. The molecule has 0 radical (unpaired) electrons. The van der Waals surface area contributed by atoms with Crippen molar-refractivity contribution in [3.05, 3.63) is 42.1 Å². The van der Waals surface area contributed by atoms with Gasteiger partial charge in [-0.25, -0.2) is 0 Å². The molecule has 0 saturated carbocycles. The third-order valence-electron chi connectivity index (χ3n) is 2.66. The van der Waals surface area contributed by atoms with Crippen LogP contribution in [0.3, 0.4) is 0 Å². The van der Waals surface area contributed by atoms with Gasteiger partial charge in [-0.15, -0.1) is 0 Å². The number of nitrogens with zero attached hydrogens (tertiary/aromatic N) is 2. The van der Waals surface area contributed by atoms with Crippen LogP contribution in [-0.4, -0.2) is 9.78 Å². The molecule has 2 aromatic rings. The summed E-state index contributed by atoms with van der Waals surface area (Å²) >= 11 is 0. The van der Waals surface area contributed by atoms with Gasteiger partial charge in [0, 0.05) is 18.3 Å². The first-order chi connectivity index (χ1) is 7.66. The predicted octanol–water partition coefficient (Wildman–Crippen LogP) is 3.29. The predicted molar refractivity (Wildman–Crippen MR) is 67.2 cm³/mol. The van der Waals surface area contributed by atoms with Crippen molar-refractivity contribution < 1.29 is 0 Å². The molecule has 1 heterocycles. The molecule has 0 atom stereocenters. The highest BCUT2D eigenvalue weighted by molar-refractivity contribution is 5.59. The fourth-order valence-corrected chi connectivity index (χ4v) is 1.87. The highest BCUT2D eigenvalue weighted by atomic mass is 15.3. The molecule has 16 heavy (non-hydrogen) atoms. The molecule has 1 aromatic carbocycles. The Balaban J connectivity index is 2.31. The van der Waals surface area contributed by atoms with Gasteiger partial charge in [0.1, 0.15) is 0 Å². The summed E-state index contributed by atoms with van der Waals surface area (Å²) in [7, 11) is 2.02. The molecule has 2 heteroatoms. The summed E-state index contributed by atoms with van der Waals surface area (Å²) in [6.07, 6.45) is 1.08. The maximum Gasteiger partial charge on any atom is 0.0925 e. The van der Waals surface area contributed by atoms with E-state index in [1.165, 1.54) is 11.3 Å². The molecule has 0 unspecified atom stereocenters. The maximum absolute atomic E-state index is 4.55. The van der Waals surface area contributed by atoms with E-state index in [4.69, 9.17) is 0 Å². The van der Waals surface area contributed by atoms with E-state index >= 15 is 0 Å². The van der Waals surface area contributed by atoms with Gasteiger partial charge in [0.2, 0.25) is 0 Å². The molecule has 0 saturated heterocycles. The normalized spacial score (nSPS) is 11.0. The zero-order valence-electron chi connectivity index (χ0n) is 10.1. The van der Waals surface area contributed by atoms with Crippen molar-refractivity contribution in [1.82, 2.24) is 9.78 Å². The molecule has 0 aliphatic rings. The van der Waals surface area contributed by atoms with Crippen molar-refractivity contribution in [2.24, 2.45) is 13.0 Å². The van der Waals surface area contributed by atoms with Crippen LogP contribution in [0.5, 0.6) is 0 Å². The molecule has 84 valence electrons. The molecule has 2 rings (SSSR count). The first kappa shape index (κ1) is 10.9.